The van der Waals surface area contributed by atoms with Gasteiger partial charge < -0.3 is 10.4 Å². The van der Waals surface area contributed by atoms with Gasteiger partial charge in [-0.05, 0) is 24.3 Å². The van der Waals surface area contributed by atoms with Crippen LogP contribution in [0, 0.1) is 0 Å². The molecule has 0 saturated carbocycles. The van der Waals surface area contributed by atoms with E-state index in [9.17, 15) is 9.59 Å². The number of carbonyl (C=O) groups excluding carboxylic acids is 1. The predicted molar refractivity (Wildman–Crippen MR) is 76.3 cm³/mol. The highest BCUT2D eigenvalue weighted by Crippen LogP contribution is 2.16. The SMILES string of the molecule is CC(CNC(=O)c1ccc(C(=O)O)cc1)c1nccs1. The Bertz CT molecular complexity index is 593. The smallest absolute Gasteiger partial charge is 0.335 e. The number of rotatable bonds is 5. The van der Waals surface area contributed by atoms with E-state index in [1.165, 1.54) is 24.3 Å². The minimum Gasteiger partial charge on any atom is -0.478 e. The number of aromatic nitrogens is 1. The van der Waals surface area contributed by atoms with E-state index in [1.807, 2.05) is 12.3 Å². The standard InChI is InChI=1S/C14H14N2O3S/c1-9(13-15-6-7-20-13)8-16-12(17)10-2-4-11(5-3-10)14(18)19/h2-7,9H,8H2,1H3,(H,16,17)(H,18,19). The van der Waals surface area contributed by atoms with Crippen molar-refractivity contribution in [2.24, 2.45) is 0 Å². The first kappa shape index (κ1) is 14.2. The second-order valence-corrected chi connectivity index (χ2v) is 5.29. The highest BCUT2D eigenvalue weighted by Gasteiger charge is 2.11. The van der Waals surface area contributed by atoms with Crippen LogP contribution < -0.4 is 5.32 Å². The number of benzene rings is 1. The fourth-order valence-electron chi connectivity index (χ4n) is 1.68. The Balaban J connectivity index is 1.93. The van der Waals surface area contributed by atoms with Crippen LogP contribution in [-0.2, 0) is 0 Å². The second kappa shape index (κ2) is 6.29. The summed E-state index contributed by atoms with van der Waals surface area (Å²) in [5, 5.41) is 14.5. The number of hydrogen-bond acceptors (Lipinski definition) is 4. The molecule has 1 aromatic carbocycles. The molecule has 0 saturated heterocycles. The lowest BCUT2D eigenvalue weighted by Crippen LogP contribution is -2.27. The van der Waals surface area contributed by atoms with Gasteiger partial charge in [0.2, 0.25) is 0 Å². The average molecular weight is 290 g/mol. The number of carbonyl (C=O) groups is 2. The van der Waals surface area contributed by atoms with Crippen LogP contribution in [0.2, 0.25) is 0 Å². The van der Waals surface area contributed by atoms with E-state index in [0.29, 0.717) is 12.1 Å². The fraction of sp³-hybridized carbons (Fsp3) is 0.214. The van der Waals surface area contributed by atoms with Crippen LogP contribution in [0.4, 0.5) is 0 Å². The van der Waals surface area contributed by atoms with E-state index in [1.54, 1.807) is 17.5 Å². The van der Waals surface area contributed by atoms with Crippen molar-refractivity contribution in [2.75, 3.05) is 6.54 Å². The van der Waals surface area contributed by atoms with Crippen molar-refractivity contribution < 1.29 is 14.7 Å². The molecular weight excluding hydrogens is 276 g/mol. The van der Waals surface area contributed by atoms with Gasteiger partial charge in [-0.15, -0.1) is 11.3 Å². The Morgan fingerprint density at radius 3 is 2.50 bits per heavy atom. The molecule has 1 unspecified atom stereocenters. The summed E-state index contributed by atoms with van der Waals surface area (Å²) < 4.78 is 0. The minimum absolute atomic E-state index is 0.150. The van der Waals surface area contributed by atoms with Crippen molar-refractivity contribution in [2.45, 2.75) is 12.8 Å². The van der Waals surface area contributed by atoms with E-state index >= 15 is 0 Å². The molecular formula is C14H14N2O3S. The van der Waals surface area contributed by atoms with E-state index in [2.05, 4.69) is 10.3 Å². The van der Waals surface area contributed by atoms with Gasteiger partial charge in [0.1, 0.15) is 0 Å². The van der Waals surface area contributed by atoms with Crippen LogP contribution in [-0.4, -0.2) is 28.5 Å². The zero-order valence-corrected chi connectivity index (χ0v) is 11.7. The van der Waals surface area contributed by atoms with Crippen molar-refractivity contribution in [1.82, 2.24) is 10.3 Å². The maximum Gasteiger partial charge on any atom is 0.335 e. The third-order valence-corrected chi connectivity index (χ3v) is 3.84. The molecule has 1 atom stereocenters. The molecule has 0 radical (unpaired) electrons. The zero-order valence-electron chi connectivity index (χ0n) is 10.9. The minimum atomic E-state index is -1.01. The van der Waals surface area contributed by atoms with Gasteiger partial charge in [0.15, 0.2) is 0 Å². The van der Waals surface area contributed by atoms with Crippen molar-refractivity contribution in [3.63, 3.8) is 0 Å². The maximum atomic E-state index is 11.9. The summed E-state index contributed by atoms with van der Waals surface area (Å²) in [4.78, 5) is 26.8. The lowest BCUT2D eigenvalue weighted by Gasteiger charge is -2.10. The largest absolute Gasteiger partial charge is 0.478 e. The lowest BCUT2D eigenvalue weighted by molar-refractivity contribution is 0.0696. The Morgan fingerprint density at radius 2 is 1.95 bits per heavy atom. The first-order valence-electron chi connectivity index (χ1n) is 6.09. The highest BCUT2D eigenvalue weighted by atomic mass is 32.1. The number of carboxylic acid groups (broad SMARTS) is 1. The van der Waals surface area contributed by atoms with Gasteiger partial charge in [-0.3, -0.25) is 4.79 Å². The molecule has 0 fully saturated rings. The molecule has 1 aromatic heterocycles. The average Bonchev–Trinajstić information content (AvgIpc) is 2.98. The van der Waals surface area contributed by atoms with Crippen molar-refractivity contribution in [1.29, 1.82) is 0 Å². The normalized spacial score (nSPS) is 11.8. The molecule has 2 aromatic rings. The molecule has 1 heterocycles. The molecule has 104 valence electrons. The summed E-state index contributed by atoms with van der Waals surface area (Å²) >= 11 is 1.56. The highest BCUT2D eigenvalue weighted by molar-refractivity contribution is 7.09. The monoisotopic (exact) mass is 290 g/mol. The topological polar surface area (TPSA) is 79.3 Å². The Labute approximate surface area is 120 Å². The number of nitrogens with zero attached hydrogens (tertiary/aromatic N) is 1. The van der Waals surface area contributed by atoms with Crippen molar-refractivity contribution in [3.8, 4) is 0 Å². The quantitative estimate of drug-likeness (QED) is 0.886. The van der Waals surface area contributed by atoms with Crippen LogP contribution >= 0.6 is 11.3 Å². The maximum absolute atomic E-state index is 11.9. The molecule has 5 nitrogen and oxygen atoms in total. The lowest BCUT2D eigenvalue weighted by atomic mass is 10.1. The van der Waals surface area contributed by atoms with Crippen LogP contribution in [0.5, 0.6) is 0 Å². The van der Waals surface area contributed by atoms with Gasteiger partial charge in [-0.25, -0.2) is 9.78 Å². The molecule has 0 spiro atoms. The van der Waals surface area contributed by atoms with Crippen LogP contribution in [0.15, 0.2) is 35.8 Å². The molecule has 1 amide bonds. The van der Waals surface area contributed by atoms with E-state index < -0.39 is 5.97 Å². The zero-order chi connectivity index (χ0) is 14.5. The fourth-order valence-corrected chi connectivity index (χ4v) is 2.38. The number of aromatic carboxylic acids is 1. The first-order valence-corrected chi connectivity index (χ1v) is 6.97. The molecule has 0 bridgehead atoms. The van der Waals surface area contributed by atoms with E-state index in [4.69, 9.17) is 5.11 Å². The Kier molecular flexibility index (Phi) is 4.47. The van der Waals surface area contributed by atoms with Gasteiger partial charge in [-0.2, -0.15) is 0 Å². The predicted octanol–water partition coefficient (Wildman–Crippen LogP) is 2.37. The van der Waals surface area contributed by atoms with Gasteiger partial charge in [0.05, 0.1) is 10.6 Å². The summed E-state index contributed by atoms with van der Waals surface area (Å²) in [6, 6.07) is 5.85. The molecule has 2 N–H and O–H groups in total. The molecule has 2 rings (SSSR count). The second-order valence-electron chi connectivity index (χ2n) is 4.36. The third-order valence-electron chi connectivity index (χ3n) is 2.84. The van der Waals surface area contributed by atoms with Crippen molar-refractivity contribution in [3.05, 3.63) is 52.0 Å². The summed E-state index contributed by atoms with van der Waals surface area (Å²) in [5.41, 5.74) is 0.610. The Hall–Kier alpha value is -2.21. The first-order chi connectivity index (χ1) is 9.58. The number of nitrogens with one attached hydrogen (secondary N) is 1. The number of amides is 1. The number of hydrogen-bond donors (Lipinski definition) is 2. The number of thiazole rings is 1. The van der Waals surface area contributed by atoms with Gasteiger partial charge in [0.25, 0.3) is 5.91 Å². The molecule has 6 heteroatoms. The summed E-state index contributed by atoms with van der Waals surface area (Å²) in [7, 11) is 0. The summed E-state index contributed by atoms with van der Waals surface area (Å²) in [6.07, 6.45) is 1.74. The molecule has 0 aliphatic heterocycles. The van der Waals surface area contributed by atoms with Gasteiger partial charge >= 0.3 is 5.97 Å². The Morgan fingerprint density at radius 1 is 1.30 bits per heavy atom. The summed E-state index contributed by atoms with van der Waals surface area (Å²) in [6.45, 7) is 2.49. The molecule has 0 aliphatic carbocycles. The third kappa shape index (κ3) is 3.42. The number of carboxylic acids is 1. The van der Waals surface area contributed by atoms with Gasteiger partial charge in [0, 0.05) is 29.6 Å². The van der Waals surface area contributed by atoms with E-state index in [0.717, 1.165) is 5.01 Å². The van der Waals surface area contributed by atoms with Gasteiger partial charge in [-0.1, -0.05) is 6.92 Å². The summed E-state index contributed by atoms with van der Waals surface area (Å²) in [5.74, 6) is -1.07. The van der Waals surface area contributed by atoms with Crippen molar-refractivity contribution >= 4 is 23.2 Å². The van der Waals surface area contributed by atoms with Crippen LogP contribution in [0.1, 0.15) is 38.6 Å². The molecule has 20 heavy (non-hydrogen) atoms. The van der Waals surface area contributed by atoms with Crippen LogP contribution in [0.3, 0.4) is 0 Å². The van der Waals surface area contributed by atoms with Crippen LogP contribution in [0.25, 0.3) is 0 Å². The molecule has 0 aliphatic rings. The van der Waals surface area contributed by atoms with E-state index in [-0.39, 0.29) is 17.4 Å².